The topological polar surface area (TPSA) is 56.8 Å². The van der Waals surface area contributed by atoms with Gasteiger partial charge in [-0.1, -0.05) is 0 Å². The highest BCUT2D eigenvalue weighted by atomic mass is 16.5. The summed E-state index contributed by atoms with van der Waals surface area (Å²) in [5.41, 5.74) is -0.765. The van der Waals surface area contributed by atoms with E-state index in [0.29, 0.717) is 13.0 Å². The van der Waals surface area contributed by atoms with E-state index in [-0.39, 0.29) is 23.7 Å². The molecule has 0 amide bonds. The zero-order valence-corrected chi connectivity index (χ0v) is 14.3. The van der Waals surface area contributed by atoms with Gasteiger partial charge in [-0.05, 0) is 47.0 Å². The van der Waals surface area contributed by atoms with E-state index in [1.807, 2.05) is 27.7 Å². The first-order valence-corrected chi connectivity index (χ1v) is 7.77. The lowest BCUT2D eigenvalue weighted by Crippen LogP contribution is -2.53. The fourth-order valence-corrected chi connectivity index (χ4v) is 2.84. The van der Waals surface area contributed by atoms with Crippen LogP contribution in [0.2, 0.25) is 0 Å². The number of rotatable bonds is 8. The molecule has 2 atom stereocenters. The third-order valence-electron chi connectivity index (χ3n) is 4.22. The van der Waals surface area contributed by atoms with Crippen molar-refractivity contribution < 1.29 is 19.0 Å². The third-order valence-corrected chi connectivity index (χ3v) is 4.22. The molecule has 0 aromatic rings. The molecule has 0 bridgehead atoms. The van der Waals surface area contributed by atoms with Gasteiger partial charge in [0, 0.05) is 26.2 Å². The van der Waals surface area contributed by atoms with Gasteiger partial charge in [-0.25, -0.2) is 0 Å². The average molecular weight is 301 g/mol. The van der Waals surface area contributed by atoms with Crippen molar-refractivity contribution in [1.82, 2.24) is 5.32 Å². The van der Waals surface area contributed by atoms with Crippen LogP contribution in [-0.4, -0.2) is 50.1 Å². The summed E-state index contributed by atoms with van der Waals surface area (Å²) in [6, 6.07) is 0.232. The van der Waals surface area contributed by atoms with Gasteiger partial charge in [-0.15, -0.1) is 0 Å². The van der Waals surface area contributed by atoms with Crippen molar-refractivity contribution in [3.8, 4) is 0 Å². The summed E-state index contributed by atoms with van der Waals surface area (Å²) in [7, 11) is 3.16. The third kappa shape index (κ3) is 5.24. The second-order valence-electron chi connectivity index (χ2n) is 6.82. The average Bonchev–Trinajstić information content (AvgIpc) is 2.81. The number of hydrogen-bond donors (Lipinski definition) is 1. The van der Waals surface area contributed by atoms with Gasteiger partial charge in [0.25, 0.3) is 0 Å². The molecule has 5 heteroatoms. The molecular weight excluding hydrogens is 270 g/mol. The molecule has 21 heavy (non-hydrogen) atoms. The van der Waals surface area contributed by atoms with Gasteiger partial charge in [0.05, 0.1) is 18.8 Å². The Balaban J connectivity index is 2.53. The zero-order chi connectivity index (χ0) is 16.1. The van der Waals surface area contributed by atoms with Crippen LogP contribution in [0.25, 0.3) is 0 Å². The van der Waals surface area contributed by atoms with Gasteiger partial charge in [-0.3, -0.25) is 10.1 Å². The van der Waals surface area contributed by atoms with E-state index in [0.717, 1.165) is 19.3 Å². The molecule has 0 heterocycles. The van der Waals surface area contributed by atoms with Crippen molar-refractivity contribution in [3.05, 3.63) is 0 Å². The summed E-state index contributed by atoms with van der Waals surface area (Å²) in [5, 5.41) is 3.37. The van der Waals surface area contributed by atoms with Crippen LogP contribution in [0, 0.1) is 0 Å². The summed E-state index contributed by atoms with van der Waals surface area (Å²) in [4.78, 5) is 12.1. The van der Waals surface area contributed by atoms with Gasteiger partial charge in [0.1, 0.15) is 5.54 Å². The normalized spacial score (nSPS) is 26.3. The van der Waals surface area contributed by atoms with Crippen LogP contribution in [-0.2, 0) is 19.0 Å². The summed E-state index contributed by atoms with van der Waals surface area (Å²) in [5.74, 6) is -0.181. The first kappa shape index (κ1) is 18.4. The van der Waals surface area contributed by atoms with Gasteiger partial charge < -0.3 is 14.2 Å². The molecule has 1 rings (SSSR count). The maximum Gasteiger partial charge on any atom is 0.326 e. The highest BCUT2D eigenvalue weighted by Crippen LogP contribution is 2.34. The van der Waals surface area contributed by atoms with Crippen LogP contribution >= 0.6 is 0 Å². The minimum atomic E-state index is -0.593. The number of carbonyl (C=O) groups is 1. The molecule has 1 N–H and O–H groups in total. The van der Waals surface area contributed by atoms with Gasteiger partial charge >= 0.3 is 5.97 Å². The number of esters is 1. The fraction of sp³-hybridized carbons (Fsp3) is 0.938. The van der Waals surface area contributed by atoms with E-state index in [1.54, 1.807) is 7.11 Å². The van der Waals surface area contributed by atoms with E-state index in [9.17, 15) is 4.79 Å². The predicted molar refractivity (Wildman–Crippen MR) is 82.3 cm³/mol. The van der Waals surface area contributed by atoms with E-state index in [2.05, 4.69) is 5.32 Å². The van der Waals surface area contributed by atoms with Gasteiger partial charge in [0.15, 0.2) is 0 Å². The van der Waals surface area contributed by atoms with Crippen LogP contribution in [0.3, 0.4) is 0 Å². The Bertz CT molecular complexity index is 343. The molecule has 0 saturated heterocycles. The van der Waals surface area contributed by atoms with Crippen LogP contribution in [0.1, 0.15) is 53.4 Å². The number of carbonyl (C=O) groups excluding carboxylic acids is 1. The molecule has 1 aliphatic rings. The lowest BCUT2D eigenvalue weighted by atomic mass is 9.96. The van der Waals surface area contributed by atoms with Crippen LogP contribution < -0.4 is 5.32 Å². The minimum absolute atomic E-state index is 0.100. The Labute approximate surface area is 128 Å². The lowest BCUT2D eigenvalue weighted by Gasteiger charge is -2.30. The summed E-state index contributed by atoms with van der Waals surface area (Å²) >= 11 is 0. The van der Waals surface area contributed by atoms with Crippen LogP contribution in [0.15, 0.2) is 0 Å². The maximum atomic E-state index is 12.1. The number of nitrogens with one attached hydrogen (secondary N) is 1. The molecular formula is C16H31NO4. The van der Waals surface area contributed by atoms with Crippen LogP contribution in [0.5, 0.6) is 0 Å². The Morgan fingerprint density at radius 1 is 1.38 bits per heavy atom. The van der Waals surface area contributed by atoms with Crippen molar-refractivity contribution in [2.45, 2.75) is 76.7 Å². The number of ether oxygens (including phenoxy) is 3. The highest BCUT2D eigenvalue weighted by molar-refractivity contribution is 5.81. The molecule has 1 saturated carbocycles. The molecule has 1 fully saturated rings. The van der Waals surface area contributed by atoms with Crippen molar-refractivity contribution in [3.63, 3.8) is 0 Å². The lowest BCUT2D eigenvalue weighted by molar-refractivity contribution is -0.149. The Kier molecular flexibility index (Phi) is 6.63. The Morgan fingerprint density at radius 2 is 2.05 bits per heavy atom. The van der Waals surface area contributed by atoms with Crippen molar-refractivity contribution in [2.24, 2.45) is 0 Å². The van der Waals surface area contributed by atoms with Gasteiger partial charge in [-0.2, -0.15) is 0 Å². The quantitative estimate of drug-likeness (QED) is 0.697. The number of methoxy groups -OCH3 is 2. The second kappa shape index (κ2) is 7.56. The maximum absolute atomic E-state index is 12.1. The zero-order valence-electron chi connectivity index (χ0n) is 14.3. The number of hydrogen-bond acceptors (Lipinski definition) is 5. The molecule has 5 nitrogen and oxygen atoms in total. The Morgan fingerprint density at radius 3 is 2.57 bits per heavy atom. The molecule has 0 radical (unpaired) electrons. The standard InChI is InChI=1S/C16H31NO4/c1-12(2)17-16(14(18)19-5)8-7-13(11-16)21-10-9-15(3,4)20-6/h12-13,17H,7-11H2,1-6H3. The van der Waals surface area contributed by atoms with E-state index in [1.165, 1.54) is 7.11 Å². The van der Waals surface area contributed by atoms with E-state index >= 15 is 0 Å². The molecule has 1 aliphatic carbocycles. The van der Waals surface area contributed by atoms with Crippen molar-refractivity contribution in [2.75, 3.05) is 20.8 Å². The smallest absolute Gasteiger partial charge is 0.326 e. The first-order valence-electron chi connectivity index (χ1n) is 7.77. The van der Waals surface area contributed by atoms with Crippen LogP contribution in [0.4, 0.5) is 0 Å². The second-order valence-corrected chi connectivity index (χ2v) is 6.82. The fourth-order valence-electron chi connectivity index (χ4n) is 2.84. The van der Waals surface area contributed by atoms with Crippen molar-refractivity contribution >= 4 is 5.97 Å². The Hall–Kier alpha value is -0.650. The summed E-state index contributed by atoms with van der Waals surface area (Å²) in [6.07, 6.45) is 3.25. The first-order chi connectivity index (χ1) is 9.74. The van der Waals surface area contributed by atoms with E-state index < -0.39 is 5.54 Å². The molecule has 0 aromatic heterocycles. The largest absolute Gasteiger partial charge is 0.468 e. The summed E-state index contributed by atoms with van der Waals surface area (Å²) in [6.45, 7) is 8.82. The minimum Gasteiger partial charge on any atom is -0.468 e. The molecule has 2 unspecified atom stereocenters. The molecule has 0 spiro atoms. The molecule has 0 aromatic carbocycles. The molecule has 0 aliphatic heterocycles. The van der Waals surface area contributed by atoms with Crippen molar-refractivity contribution in [1.29, 1.82) is 0 Å². The van der Waals surface area contributed by atoms with E-state index in [4.69, 9.17) is 14.2 Å². The summed E-state index contributed by atoms with van der Waals surface area (Å²) < 4.78 is 16.3. The predicted octanol–water partition coefficient (Wildman–Crippen LogP) is 2.28. The monoisotopic (exact) mass is 301 g/mol. The SMILES string of the molecule is COC(=O)C1(NC(C)C)CCC(OCCC(C)(C)OC)C1. The molecule has 124 valence electrons. The highest BCUT2D eigenvalue weighted by Gasteiger charge is 2.47. The van der Waals surface area contributed by atoms with Gasteiger partial charge in [0.2, 0.25) is 0 Å².